The van der Waals surface area contributed by atoms with Crippen LogP contribution in [0.1, 0.15) is 18.9 Å². The van der Waals surface area contributed by atoms with Crippen LogP contribution in [0.5, 0.6) is 5.75 Å². The molecule has 0 unspecified atom stereocenters. The lowest BCUT2D eigenvalue weighted by molar-refractivity contribution is 0.313. The Bertz CT molecular complexity index is 771. The van der Waals surface area contributed by atoms with Crippen molar-refractivity contribution in [2.24, 2.45) is 0 Å². The van der Waals surface area contributed by atoms with Crippen LogP contribution in [0, 0.1) is 0 Å². The van der Waals surface area contributed by atoms with Crippen molar-refractivity contribution in [3.05, 3.63) is 65.3 Å². The summed E-state index contributed by atoms with van der Waals surface area (Å²) >= 11 is 6.12. The third-order valence-electron chi connectivity index (χ3n) is 3.42. The zero-order valence-electron chi connectivity index (χ0n) is 12.9. The van der Waals surface area contributed by atoms with E-state index in [1.807, 2.05) is 54.7 Å². The number of rotatable bonds is 6. The molecule has 1 heterocycles. The summed E-state index contributed by atoms with van der Waals surface area (Å²) in [5.41, 5.74) is 2.89. The van der Waals surface area contributed by atoms with Crippen molar-refractivity contribution in [3.63, 3.8) is 0 Å². The second-order valence-corrected chi connectivity index (χ2v) is 5.70. The number of hydrogen-bond acceptors (Lipinski definition) is 3. The topological polar surface area (TPSA) is 39.9 Å². The van der Waals surface area contributed by atoms with Crippen LogP contribution < -0.4 is 4.74 Å². The van der Waals surface area contributed by atoms with Crippen LogP contribution in [0.4, 0.5) is 0 Å². The van der Waals surface area contributed by atoms with Crippen LogP contribution in [0.3, 0.4) is 0 Å². The maximum atomic E-state index is 6.12. The second kappa shape index (κ2) is 7.29. The summed E-state index contributed by atoms with van der Waals surface area (Å²) in [6.07, 6.45) is 2.89. The van der Waals surface area contributed by atoms with Gasteiger partial charge in [0.15, 0.2) is 0 Å². The van der Waals surface area contributed by atoms with Crippen LogP contribution in [0.2, 0.25) is 5.02 Å². The minimum Gasteiger partial charge on any atom is -0.493 e. The first-order valence-electron chi connectivity index (χ1n) is 7.63. The monoisotopic (exact) mass is 327 g/mol. The smallest absolute Gasteiger partial charge is 0.124 e. The molecule has 2 aromatic carbocycles. The first kappa shape index (κ1) is 15.6. The molecular formula is C18H18ClN3O. The Morgan fingerprint density at radius 2 is 1.96 bits per heavy atom. The quantitative estimate of drug-likeness (QED) is 0.672. The van der Waals surface area contributed by atoms with Crippen LogP contribution in [0.15, 0.2) is 54.7 Å². The lowest BCUT2D eigenvalue weighted by atomic mass is 10.2. The highest BCUT2D eigenvalue weighted by Gasteiger charge is 2.08. The normalized spacial score (nSPS) is 10.7. The minimum atomic E-state index is 0.569. The maximum absolute atomic E-state index is 6.12. The summed E-state index contributed by atoms with van der Waals surface area (Å²) in [4.78, 5) is 0. The predicted molar refractivity (Wildman–Crippen MR) is 91.8 cm³/mol. The SMILES string of the molecule is CCCOc1ccc(Cl)cc1Cn1cc(-c2ccccc2)nn1. The highest BCUT2D eigenvalue weighted by Crippen LogP contribution is 2.24. The maximum Gasteiger partial charge on any atom is 0.124 e. The fourth-order valence-corrected chi connectivity index (χ4v) is 2.51. The van der Waals surface area contributed by atoms with E-state index in [-0.39, 0.29) is 0 Å². The van der Waals surface area contributed by atoms with Gasteiger partial charge < -0.3 is 4.74 Å². The van der Waals surface area contributed by atoms with Crippen molar-refractivity contribution in [2.75, 3.05) is 6.61 Å². The Balaban J connectivity index is 1.82. The number of nitrogens with zero attached hydrogens (tertiary/aromatic N) is 3. The first-order chi connectivity index (χ1) is 11.3. The number of hydrogen-bond donors (Lipinski definition) is 0. The van der Waals surface area contributed by atoms with Crippen LogP contribution >= 0.6 is 11.6 Å². The van der Waals surface area contributed by atoms with Crippen molar-refractivity contribution >= 4 is 11.6 Å². The molecule has 0 spiro atoms. The van der Waals surface area contributed by atoms with E-state index in [2.05, 4.69) is 17.2 Å². The molecule has 118 valence electrons. The molecule has 0 fully saturated rings. The summed E-state index contributed by atoms with van der Waals surface area (Å²) < 4.78 is 7.58. The fraction of sp³-hybridized carbons (Fsp3) is 0.222. The molecule has 0 atom stereocenters. The van der Waals surface area contributed by atoms with E-state index in [0.29, 0.717) is 18.2 Å². The molecule has 0 bridgehead atoms. The average molecular weight is 328 g/mol. The molecule has 1 aromatic heterocycles. The molecule has 23 heavy (non-hydrogen) atoms. The molecule has 0 aliphatic rings. The Hall–Kier alpha value is -2.33. The molecule has 0 aliphatic heterocycles. The van der Waals surface area contributed by atoms with Crippen LogP contribution in [-0.2, 0) is 6.54 Å². The summed E-state index contributed by atoms with van der Waals surface area (Å²) in [7, 11) is 0. The molecular weight excluding hydrogens is 310 g/mol. The molecule has 0 amide bonds. The van der Waals surface area contributed by atoms with E-state index in [1.165, 1.54) is 0 Å². The Kier molecular flexibility index (Phi) is 4.93. The van der Waals surface area contributed by atoms with Gasteiger partial charge in [0.05, 0.1) is 19.3 Å². The second-order valence-electron chi connectivity index (χ2n) is 5.27. The van der Waals surface area contributed by atoms with Crippen molar-refractivity contribution in [1.82, 2.24) is 15.0 Å². The van der Waals surface area contributed by atoms with Gasteiger partial charge in [-0.3, -0.25) is 0 Å². The summed E-state index contributed by atoms with van der Waals surface area (Å²) in [6, 6.07) is 15.7. The molecule has 4 nitrogen and oxygen atoms in total. The Morgan fingerprint density at radius 3 is 2.74 bits per heavy atom. The van der Waals surface area contributed by atoms with Crippen molar-refractivity contribution in [3.8, 4) is 17.0 Å². The van der Waals surface area contributed by atoms with Crippen molar-refractivity contribution in [1.29, 1.82) is 0 Å². The van der Waals surface area contributed by atoms with Gasteiger partial charge in [0.25, 0.3) is 0 Å². The predicted octanol–water partition coefficient (Wildman–Crippen LogP) is 4.44. The molecule has 0 saturated carbocycles. The zero-order valence-corrected chi connectivity index (χ0v) is 13.7. The van der Waals surface area contributed by atoms with Gasteiger partial charge >= 0.3 is 0 Å². The lowest BCUT2D eigenvalue weighted by Gasteiger charge is -2.11. The van der Waals surface area contributed by atoms with Gasteiger partial charge in [-0.15, -0.1) is 5.10 Å². The molecule has 0 N–H and O–H groups in total. The van der Waals surface area contributed by atoms with Crippen LogP contribution in [-0.4, -0.2) is 21.6 Å². The number of ether oxygens (including phenoxy) is 1. The van der Waals surface area contributed by atoms with Gasteiger partial charge in [-0.05, 0) is 24.6 Å². The highest BCUT2D eigenvalue weighted by atomic mass is 35.5. The minimum absolute atomic E-state index is 0.569. The first-order valence-corrected chi connectivity index (χ1v) is 8.01. The van der Waals surface area contributed by atoms with E-state index < -0.39 is 0 Å². The van der Waals surface area contributed by atoms with E-state index in [9.17, 15) is 0 Å². The molecule has 0 aliphatic carbocycles. The largest absolute Gasteiger partial charge is 0.493 e. The summed E-state index contributed by atoms with van der Waals surface area (Å²) in [5, 5.41) is 9.13. The third kappa shape index (κ3) is 3.90. The lowest BCUT2D eigenvalue weighted by Crippen LogP contribution is -2.04. The Labute approximate surface area is 140 Å². The fourth-order valence-electron chi connectivity index (χ4n) is 2.32. The average Bonchev–Trinajstić information content (AvgIpc) is 3.03. The number of halogens is 1. The molecule has 0 saturated heterocycles. The number of aromatic nitrogens is 3. The Morgan fingerprint density at radius 1 is 1.13 bits per heavy atom. The van der Waals surface area contributed by atoms with Crippen molar-refractivity contribution in [2.45, 2.75) is 19.9 Å². The van der Waals surface area contributed by atoms with Gasteiger partial charge in [0.2, 0.25) is 0 Å². The molecule has 3 aromatic rings. The third-order valence-corrected chi connectivity index (χ3v) is 3.66. The summed E-state index contributed by atoms with van der Waals surface area (Å²) in [6.45, 7) is 3.33. The van der Waals surface area contributed by atoms with Gasteiger partial charge in [-0.25, -0.2) is 4.68 Å². The van der Waals surface area contributed by atoms with Crippen molar-refractivity contribution < 1.29 is 4.74 Å². The van der Waals surface area contributed by atoms with Gasteiger partial charge in [0.1, 0.15) is 11.4 Å². The van der Waals surface area contributed by atoms with E-state index in [0.717, 1.165) is 29.0 Å². The molecule has 0 radical (unpaired) electrons. The summed E-state index contributed by atoms with van der Waals surface area (Å²) in [5.74, 6) is 0.841. The van der Waals surface area contributed by atoms with Gasteiger partial charge in [-0.2, -0.15) is 0 Å². The van der Waals surface area contributed by atoms with E-state index in [4.69, 9.17) is 16.3 Å². The standard InChI is InChI=1S/C18H18ClN3O/c1-2-10-23-18-9-8-16(19)11-15(18)12-22-13-17(20-21-22)14-6-4-3-5-7-14/h3-9,11,13H,2,10,12H2,1H3. The molecule has 3 rings (SSSR count). The van der Waals surface area contributed by atoms with Gasteiger partial charge in [-0.1, -0.05) is 54.1 Å². The highest BCUT2D eigenvalue weighted by molar-refractivity contribution is 6.30. The number of benzene rings is 2. The van der Waals surface area contributed by atoms with E-state index >= 15 is 0 Å². The van der Waals surface area contributed by atoms with E-state index in [1.54, 1.807) is 4.68 Å². The van der Waals surface area contributed by atoms with Crippen LogP contribution in [0.25, 0.3) is 11.3 Å². The molecule has 5 heteroatoms. The van der Waals surface area contributed by atoms with Gasteiger partial charge in [0, 0.05) is 16.1 Å². The zero-order chi connectivity index (χ0) is 16.1.